The minimum absolute atomic E-state index is 0.0561. The number of rotatable bonds is 5. The number of benzene rings is 2. The van der Waals surface area contributed by atoms with E-state index >= 15 is 0 Å². The Balaban J connectivity index is 1.37. The van der Waals surface area contributed by atoms with Crippen molar-refractivity contribution in [2.24, 2.45) is 0 Å². The Bertz CT molecular complexity index is 953. The first-order valence-corrected chi connectivity index (χ1v) is 9.13. The maximum atomic E-state index is 13.1. The number of nitrogens with one attached hydrogen (secondary N) is 2. The van der Waals surface area contributed by atoms with Crippen LogP contribution in [0.3, 0.4) is 0 Å². The highest BCUT2D eigenvalue weighted by Gasteiger charge is 2.26. The first kappa shape index (κ1) is 18.0. The number of anilines is 1. The quantitative estimate of drug-likeness (QED) is 0.713. The zero-order valence-corrected chi connectivity index (χ0v) is 15.5. The van der Waals surface area contributed by atoms with Crippen molar-refractivity contribution in [1.29, 1.82) is 0 Å². The van der Waals surface area contributed by atoms with Gasteiger partial charge < -0.3 is 15.0 Å². The van der Waals surface area contributed by atoms with Crippen LogP contribution in [0.25, 0.3) is 11.3 Å². The van der Waals surface area contributed by atoms with Gasteiger partial charge in [0.1, 0.15) is 11.6 Å². The molecule has 0 bridgehead atoms. The molecule has 2 heterocycles. The zero-order valence-electron chi connectivity index (χ0n) is 15.5. The standard InChI is InChI=1S/C21H21FN4O2/c1-28-18-8-4-15(5-9-18)21(27)23-17-10-11-26(13-17)20-12-19(24-25-20)14-2-6-16(22)7-3-14/h2-9,12,17H,10-11,13H2,1H3,(H,23,27)(H,24,25)/t17-/m0/s1. The molecule has 6 nitrogen and oxygen atoms in total. The Morgan fingerprint density at radius 2 is 1.96 bits per heavy atom. The number of hydrogen-bond acceptors (Lipinski definition) is 4. The van der Waals surface area contributed by atoms with E-state index in [2.05, 4.69) is 20.4 Å². The van der Waals surface area contributed by atoms with Gasteiger partial charge in [-0.3, -0.25) is 9.89 Å². The van der Waals surface area contributed by atoms with Crippen LogP contribution in [0.1, 0.15) is 16.8 Å². The molecule has 4 rings (SSSR count). The third-order valence-corrected chi connectivity index (χ3v) is 4.92. The van der Waals surface area contributed by atoms with E-state index in [-0.39, 0.29) is 17.8 Å². The third-order valence-electron chi connectivity index (χ3n) is 4.92. The summed E-state index contributed by atoms with van der Waals surface area (Å²) in [7, 11) is 1.60. The van der Waals surface area contributed by atoms with E-state index in [9.17, 15) is 9.18 Å². The number of aromatic nitrogens is 2. The molecule has 1 aromatic heterocycles. The number of hydrogen-bond donors (Lipinski definition) is 2. The lowest BCUT2D eigenvalue weighted by Gasteiger charge is -2.16. The molecule has 2 aromatic carbocycles. The average molecular weight is 380 g/mol. The Labute approximate surface area is 162 Å². The van der Waals surface area contributed by atoms with Gasteiger partial charge in [0.2, 0.25) is 0 Å². The molecule has 1 aliphatic rings. The second-order valence-corrected chi connectivity index (χ2v) is 6.78. The monoisotopic (exact) mass is 380 g/mol. The second-order valence-electron chi connectivity index (χ2n) is 6.78. The van der Waals surface area contributed by atoms with E-state index in [1.807, 2.05) is 6.07 Å². The summed E-state index contributed by atoms with van der Waals surface area (Å²) in [6, 6.07) is 15.3. The fourth-order valence-corrected chi connectivity index (χ4v) is 3.35. The largest absolute Gasteiger partial charge is 0.497 e. The van der Waals surface area contributed by atoms with Gasteiger partial charge in [0.25, 0.3) is 5.91 Å². The van der Waals surface area contributed by atoms with Crippen molar-refractivity contribution < 1.29 is 13.9 Å². The molecule has 1 aliphatic heterocycles. The molecule has 0 unspecified atom stereocenters. The van der Waals surface area contributed by atoms with Crippen LogP contribution in [0.2, 0.25) is 0 Å². The number of amides is 1. The maximum absolute atomic E-state index is 13.1. The maximum Gasteiger partial charge on any atom is 0.251 e. The SMILES string of the molecule is COc1ccc(C(=O)N[C@H]2CCN(c3cc(-c4ccc(F)cc4)[nH]n3)C2)cc1. The van der Waals surface area contributed by atoms with Crippen molar-refractivity contribution in [1.82, 2.24) is 15.5 Å². The van der Waals surface area contributed by atoms with Gasteiger partial charge in [-0.15, -0.1) is 0 Å². The van der Waals surface area contributed by atoms with Gasteiger partial charge in [0.05, 0.1) is 12.8 Å². The summed E-state index contributed by atoms with van der Waals surface area (Å²) in [5.74, 6) is 1.18. The van der Waals surface area contributed by atoms with E-state index in [0.29, 0.717) is 12.1 Å². The normalized spacial score (nSPS) is 16.2. The van der Waals surface area contributed by atoms with Crippen molar-refractivity contribution in [3.05, 3.63) is 66.0 Å². The Hall–Kier alpha value is -3.35. The minimum atomic E-state index is -0.265. The van der Waals surface area contributed by atoms with Crippen molar-refractivity contribution in [2.75, 3.05) is 25.1 Å². The number of aromatic amines is 1. The number of methoxy groups -OCH3 is 1. The van der Waals surface area contributed by atoms with Gasteiger partial charge in [0.15, 0.2) is 5.82 Å². The predicted octanol–water partition coefficient (Wildman–Crippen LogP) is 3.23. The molecule has 0 aliphatic carbocycles. The molecule has 1 fully saturated rings. The molecular formula is C21H21FN4O2. The zero-order chi connectivity index (χ0) is 19.5. The highest BCUT2D eigenvalue weighted by molar-refractivity contribution is 5.94. The Morgan fingerprint density at radius 1 is 1.21 bits per heavy atom. The Kier molecular flexibility index (Phi) is 4.97. The van der Waals surface area contributed by atoms with Crippen LogP contribution >= 0.6 is 0 Å². The van der Waals surface area contributed by atoms with E-state index in [1.165, 1.54) is 12.1 Å². The molecule has 2 N–H and O–H groups in total. The highest BCUT2D eigenvalue weighted by Crippen LogP contribution is 2.24. The second kappa shape index (κ2) is 7.72. The molecule has 28 heavy (non-hydrogen) atoms. The van der Waals surface area contributed by atoms with Crippen LogP contribution in [0.4, 0.5) is 10.2 Å². The first-order chi connectivity index (χ1) is 13.6. The van der Waals surface area contributed by atoms with E-state index < -0.39 is 0 Å². The molecule has 1 saturated heterocycles. The fraction of sp³-hybridized carbons (Fsp3) is 0.238. The lowest BCUT2D eigenvalue weighted by molar-refractivity contribution is 0.0940. The fourth-order valence-electron chi connectivity index (χ4n) is 3.35. The highest BCUT2D eigenvalue weighted by atomic mass is 19.1. The predicted molar refractivity (Wildman–Crippen MR) is 105 cm³/mol. The van der Waals surface area contributed by atoms with Gasteiger partial charge in [0, 0.05) is 30.8 Å². The number of halogens is 1. The van der Waals surface area contributed by atoms with Crippen LogP contribution in [-0.4, -0.2) is 42.3 Å². The van der Waals surface area contributed by atoms with Crippen molar-refractivity contribution in [2.45, 2.75) is 12.5 Å². The summed E-state index contributed by atoms with van der Waals surface area (Å²) < 4.78 is 18.2. The molecule has 1 atom stereocenters. The summed E-state index contributed by atoms with van der Waals surface area (Å²) in [6.45, 7) is 1.50. The third kappa shape index (κ3) is 3.83. The van der Waals surface area contributed by atoms with Gasteiger partial charge in [-0.25, -0.2) is 4.39 Å². The van der Waals surface area contributed by atoms with Crippen LogP contribution < -0.4 is 15.0 Å². The van der Waals surface area contributed by atoms with Crippen molar-refractivity contribution in [3.63, 3.8) is 0 Å². The van der Waals surface area contributed by atoms with Gasteiger partial charge >= 0.3 is 0 Å². The van der Waals surface area contributed by atoms with E-state index in [4.69, 9.17) is 4.74 Å². The number of ether oxygens (including phenoxy) is 1. The molecule has 1 amide bonds. The summed E-state index contributed by atoms with van der Waals surface area (Å²) in [6.07, 6.45) is 0.848. The number of nitrogens with zero attached hydrogens (tertiary/aromatic N) is 2. The van der Waals surface area contributed by atoms with Gasteiger partial charge in [-0.1, -0.05) is 0 Å². The number of H-pyrrole nitrogens is 1. The number of carbonyl (C=O) groups excluding carboxylic acids is 1. The Morgan fingerprint density at radius 3 is 2.68 bits per heavy atom. The molecule has 0 radical (unpaired) electrons. The number of carbonyl (C=O) groups is 1. The summed E-state index contributed by atoms with van der Waals surface area (Å²) in [4.78, 5) is 14.6. The summed E-state index contributed by atoms with van der Waals surface area (Å²) in [5.41, 5.74) is 2.32. The van der Waals surface area contributed by atoms with Crippen LogP contribution in [0.5, 0.6) is 5.75 Å². The summed E-state index contributed by atoms with van der Waals surface area (Å²) >= 11 is 0. The minimum Gasteiger partial charge on any atom is -0.497 e. The lowest BCUT2D eigenvalue weighted by Crippen LogP contribution is -2.37. The molecule has 144 valence electrons. The lowest BCUT2D eigenvalue weighted by atomic mass is 10.1. The molecule has 0 spiro atoms. The van der Waals surface area contributed by atoms with Crippen molar-refractivity contribution >= 4 is 11.7 Å². The van der Waals surface area contributed by atoms with E-state index in [1.54, 1.807) is 43.5 Å². The molecular weight excluding hydrogens is 359 g/mol. The van der Waals surface area contributed by atoms with Gasteiger partial charge in [-0.2, -0.15) is 5.10 Å². The topological polar surface area (TPSA) is 70.2 Å². The molecule has 0 saturated carbocycles. The first-order valence-electron chi connectivity index (χ1n) is 9.13. The average Bonchev–Trinajstić information content (AvgIpc) is 3.38. The molecule has 3 aromatic rings. The van der Waals surface area contributed by atoms with Crippen LogP contribution in [0, 0.1) is 5.82 Å². The van der Waals surface area contributed by atoms with Crippen LogP contribution in [0.15, 0.2) is 54.6 Å². The smallest absolute Gasteiger partial charge is 0.251 e. The molecule has 7 heteroatoms. The van der Waals surface area contributed by atoms with Crippen molar-refractivity contribution in [3.8, 4) is 17.0 Å². The summed E-state index contributed by atoms with van der Waals surface area (Å²) in [5, 5.41) is 10.4. The van der Waals surface area contributed by atoms with E-state index in [0.717, 1.165) is 35.8 Å². The van der Waals surface area contributed by atoms with Crippen LogP contribution in [-0.2, 0) is 0 Å². The van der Waals surface area contributed by atoms with Gasteiger partial charge in [-0.05, 0) is 60.5 Å².